The van der Waals surface area contributed by atoms with Gasteiger partial charge >= 0.3 is 93.9 Å². The summed E-state index contributed by atoms with van der Waals surface area (Å²) < 4.78 is 0.606. The third-order valence-corrected chi connectivity index (χ3v) is 1.42. The van der Waals surface area contributed by atoms with Gasteiger partial charge in [-0.1, -0.05) is 0 Å². The van der Waals surface area contributed by atoms with E-state index in [0.717, 1.165) is 0 Å². The number of carbonyl (C=O) groups is 1. The Hall–Kier alpha value is 0.468. The van der Waals surface area contributed by atoms with E-state index in [2.05, 4.69) is 25.6 Å². The normalized spacial score (nSPS) is 15.3. The molecule has 70 valence electrons. The first-order chi connectivity index (χ1) is 5.61. The van der Waals surface area contributed by atoms with Gasteiger partial charge in [0.25, 0.3) is 0 Å². The van der Waals surface area contributed by atoms with Crippen LogP contribution in [0.4, 0.5) is 4.79 Å². The molecule has 1 rings (SSSR count). The van der Waals surface area contributed by atoms with Crippen molar-refractivity contribution >= 4 is 56.9 Å². The molecule has 8 heteroatoms. The van der Waals surface area contributed by atoms with Gasteiger partial charge in [-0.05, 0) is 0 Å². The van der Waals surface area contributed by atoms with E-state index in [1.54, 1.807) is 0 Å². The molecule has 0 saturated heterocycles. The second-order valence-corrected chi connectivity index (χ2v) is 5.65. The molecule has 1 aliphatic rings. The molecule has 0 aliphatic carbocycles. The number of nitrogens with zero attached hydrogens (tertiary/aromatic N) is 2. The van der Waals surface area contributed by atoms with Gasteiger partial charge in [0.05, 0.1) is 0 Å². The van der Waals surface area contributed by atoms with Gasteiger partial charge < -0.3 is 0 Å². The number of carbonyl (C=O) groups excluding carboxylic acids is 1. The molecular weight excluding hydrogens is 451 g/mol. The van der Waals surface area contributed by atoms with E-state index in [-0.39, 0.29) is 5.84 Å². The molecule has 12 heavy (non-hydrogen) atoms. The predicted molar refractivity (Wildman–Crippen MR) is 48.0 cm³/mol. The van der Waals surface area contributed by atoms with Crippen molar-refractivity contribution in [3.8, 4) is 0 Å². The topological polar surface area (TPSA) is 67.8 Å². The van der Waals surface area contributed by atoms with E-state index in [9.17, 15) is 4.79 Å². The predicted octanol–water partition coefficient (Wildman–Crippen LogP) is 0.265. The summed E-state index contributed by atoms with van der Waals surface area (Å²) in [5, 5.41) is 0. The Morgan fingerprint density at radius 2 is 2.08 bits per heavy atom. The number of amides is 2. The van der Waals surface area contributed by atoms with Crippen molar-refractivity contribution in [3.05, 3.63) is 0 Å². The first-order valence-corrected chi connectivity index (χ1v) is 8.89. The van der Waals surface area contributed by atoms with Crippen LogP contribution in [0.5, 0.6) is 0 Å². The van der Waals surface area contributed by atoms with Crippen molar-refractivity contribution < 1.29 is 21.3 Å². The monoisotopic (exact) mass is 454 g/mol. The van der Waals surface area contributed by atoms with Crippen LogP contribution in [0.2, 0.25) is 0 Å². The summed E-state index contributed by atoms with van der Waals surface area (Å²) in [5.74, 6) is 0.204. The van der Waals surface area contributed by atoms with Crippen LogP contribution < -0.4 is 5.73 Å². The first kappa shape index (κ1) is 12.5. The Bertz CT molecular complexity index is 255. The first-order valence-electron chi connectivity index (χ1n) is 2.40. The molecule has 0 aromatic heterocycles. The minimum absolute atomic E-state index is 0.204. The van der Waals surface area contributed by atoms with Crippen LogP contribution in [0.25, 0.3) is 0 Å². The van der Waals surface area contributed by atoms with E-state index in [1.165, 1.54) is 6.21 Å². The van der Waals surface area contributed by atoms with Crippen molar-refractivity contribution in [2.24, 2.45) is 15.7 Å². The number of rotatable bonds is 0. The second kappa shape index (κ2) is 6.93. The molecule has 0 unspecified atom stereocenters. The van der Waals surface area contributed by atoms with E-state index in [1.807, 2.05) is 0 Å². The maximum absolute atomic E-state index is 10.3. The second-order valence-electron chi connectivity index (χ2n) is 1.45. The Morgan fingerprint density at radius 1 is 1.58 bits per heavy atom. The molecule has 0 radical (unpaired) electrons. The summed E-state index contributed by atoms with van der Waals surface area (Å²) in [7, 11) is 9.75. The SMILES string of the molecule is NC1=NC(=O)N=CC1=[Se].[Cl][Pt][Cl]. The third-order valence-electron chi connectivity index (χ3n) is 0.761. The average Bonchev–Trinajstić information content (AvgIpc) is 1.99. The molecular formula is C4H3Cl2N3OPtSe. The summed E-state index contributed by atoms with van der Waals surface area (Å²) >= 11 is 2.14. The minimum atomic E-state index is -0.550. The summed E-state index contributed by atoms with van der Waals surface area (Å²) in [5.41, 5.74) is 5.24. The Labute approximate surface area is 93.4 Å². The Morgan fingerprint density at radius 3 is 2.42 bits per heavy atom. The number of halogens is 2. The van der Waals surface area contributed by atoms with Crippen LogP contribution in [0.15, 0.2) is 9.98 Å². The Kier molecular flexibility index (Phi) is 7.20. The summed E-state index contributed by atoms with van der Waals surface area (Å²) in [4.78, 5) is 17.0. The molecule has 0 atom stereocenters. The molecule has 0 aromatic rings. The number of aliphatic imine (C=N–C) groups is 2. The third kappa shape index (κ3) is 5.17. The summed E-state index contributed by atoms with van der Waals surface area (Å²) in [6.45, 7) is 0. The number of urea groups is 1. The van der Waals surface area contributed by atoms with Gasteiger partial charge in [0, 0.05) is 0 Å². The van der Waals surface area contributed by atoms with Crippen LogP contribution in [-0.2, 0) is 16.5 Å². The molecule has 0 fully saturated rings. The van der Waals surface area contributed by atoms with E-state index >= 15 is 0 Å². The molecule has 2 N–H and O–H groups in total. The quantitative estimate of drug-likeness (QED) is 0.535. The molecule has 0 spiro atoms. The molecule has 0 bridgehead atoms. The molecule has 4 nitrogen and oxygen atoms in total. The zero-order chi connectivity index (χ0) is 9.56. The van der Waals surface area contributed by atoms with Crippen LogP contribution in [0.1, 0.15) is 0 Å². The fraction of sp³-hybridized carbons (Fsp3) is 0. The van der Waals surface area contributed by atoms with Gasteiger partial charge in [-0.2, -0.15) is 0 Å². The molecule has 0 saturated carbocycles. The average molecular weight is 454 g/mol. The number of hydrogen-bond acceptors (Lipinski definition) is 2. The zero-order valence-corrected chi connectivity index (χ0v) is 10.9. The standard InChI is InChI=1S/C4H3N3OSe.2ClH.Pt/c5-3-2(9)1-6-4(8)7-3;;;/h1H,(H2,5,7,8);2*1H;/q;;;+2/p-2. The van der Waals surface area contributed by atoms with Crippen LogP contribution >= 0.6 is 18.8 Å². The van der Waals surface area contributed by atoms with Crippen LogP contribution in [0, 0.1) is 0 Å². The summed E-state index contributed by atoms with van der Waals surface area (Å²) in [6.07, 6.45) is 1.35. The number of hydrogen-bond donors (Lipinski definition) is 1. The van der Waals surface area contributed by atoms with Gasteiger partial charge in [0.15, 0.2) is 0 Å². The molecule has 0 aromatic carbocycles. The zero-order valence-electron chi connectivity index (χ0n) is 5.44. The summed E-state index contributed by atoms with van der Waals surface area (Å²) in [6, 6.07) is -0.550. The molecule has 1 aliphatic heterocycles. The fourth-order valence-corrected chi connectivity index (χ4v) is 0.573. The fourth-order valence-electron chi connectivity index (χ4n) is 0.367. The van der Waals surface area contributed by atoms with Crippen molar-refractivity contribution in [3.63, 3.8) is 0 Å². The number of amidine groups is 1. The van der Waals surface area contributed by atoms with E-state index in [4.69, 9.17) is 24.6 Å². The van der Waals surface area contributed by atoms with Crippen LogP contribution in [0.3, 0.4) is 0 Å². The van der Waals surface area contributed by atoms with Gasteiger partial charge in [0.2, 0.25) is 0 Å². The van der Waals surface area contributed by atoms with Gasteiger partial charge in [-0.25, -0.2) is 0 Å². The molecule has 2 amide bonds. The Balaban J connectivity index is 0.000000354. The maximum atomic E-state index is 10.3. The van der Waals surface area contributed by atoms with Gasteiger partial charge in [-0.15, -0.1) is 0 Å². The van der Waals surface area contributed by atoms with E-state index in [0.29, 0.717) is 4.42 Å². The van der Waals surface area contributed by atoms with Crippen molar-refractivity contribution in [1.82, 2.24) is 0 Å². The molecule has 1 heterocycles. The van der Waals surface area contributed by atoms with Gasteiger partial charge in [-0.3, -0.25) is 0 Å². The number of nitrogens with two attached hydrogens (primary N) is 1. The van der Waals surface area contributed by atoms with Crippen molar-refractivity contribution in [2.45, 2.75) is 0 Å². The van der Waals surface area contributed by atoms with Crippen molar-refractivity contribution in [2.75, 3.05) is 0 Å². The van der Waals surface area contributed by atoms with Crippen LogP contribution in [-0.4, -0.2) is 38.1 Å². The van der Waals surface area contributed by atoms with Crippen molar-refractivity contribution in [1.29, 1.82) is 0 Å². The van der Waals surface area contributed by atoms with E-state index < -0.39 is 22.5 Å². The van der Waals surface area contributed by atoms with Gasteiger partial charge in [0.1, 0.15) is 0 Å².